The zero-order chi connectivity index (χ0) is 22.7. The van der Waals surface area contributed by atoms with Crippen molar-refractivity contribution in [3.05, 3.63) is 70.9 Å². The van der Waals surface area contributed by atoms with Crippen LogP contribution >= 0.6 is 11.3 Å². The molecule has 0 aliphatic rings. The number of nitrogens with zero attached hydrogens (tertiary/aromatic N) is 2. The summed E-state index contributed by atoms with van der Waals surface area (Å²) >= 11 is 1.71. The molecule has 0 bridgehead atoms. The second kappa shape index (κ2) is 9.38. The summed E-state index contributed by atoms with van der Waals surface area (Å²) in [5.74, 6) is 1.81. The number of hydrogen-bond acceptors (Lipinski definition) is 6. The Morgan fingerprint density at radius 2 is 1.62 bits per heavy atom. The highest BCUT2D eigenvalue weighted by molar-refractivity contribution is 7.90. The van der Waals surface area contributed by atoms with Crippen molar-refractivity contribution in [3.63, 3.8) is 0 Å². The molecule has 4 rings (SSSR count). The van der Waals surface area contributed by atoms with Crippen LogP contribution in [0.1, 0.15) is 29.6 Å². The maximum absolute atomic E-state index is 11.6. The van der Waals surface area contributed by atoms with Crippen molar-refractivity contribution in [2.75, 3.05) is 18.1 Å². The molecule has 0 spiro atoms. The van der Waals surface area contributed by atoms with Gasteiger partial charge in [-0.2, -0.15) is 0 Å². The van der Waals surface area contributed by atoms with Crippen molar-refractivity contribution in [2.24, 2.45) is 0 Å². The number of anilines is 1. The van der Waals surface area contributed by atoms with Crippen molar-refractivity contribution in [1.82, 2.24) is 9.97 Å². The highest BCUT2D eigenvalue weighted by atomic mass is 32.2. The van der Waals surface area contributed by atoms with Gasteiger partial charge in [0.25, 0.3) is 0 Å². The van der Waals surface area contributed by atoms with Crippen LogP contribution in [0.15, 0.2) is 59.5 Å². The van der Waals surface area contributed by atoms with Gasteiger partial charge in [0.2, 0.25) is 0 Å². The summed E-state index contributed by atoms with van der Waals surface area (Å²) in [6.45, 7) is 5.03. The Labute approximate surface area is 193 Å². The SMILES string of the molecule is CCc1nc(NCCCc2ccc(-c3ccc(S(C)(=O)=O)cc3)cc2)c2cc(C)sc2n1. The van der Waals surface area contributed by atoms with Gasteiger partial charge in [-0.15, -0.1) is 11.3 Å². The molecule has 2 heterocycles. The fourth-order valence-corrected chi connectivity index (χ4v) is 5.17. The maximum atomic E-state index is 11.6. The lowest BCUT2D eigenvalue weighted by Gasteiger charge is -2.09. The third kappa shape index (κ3) is 5.16. The van der Waals surface area contributed by atoms with E-state index in [4.69, 9.17) is 4.98 Å². The second-order valence-electron chi connectivity index (χ2n) is 7.94. The molecule has 2 aromatic heterocycles. The van der Waals surface area contributed by atoms with Crippen molar-refractivity contribution in [2.45, 2.75) is 38.0 Å². The van der Waals surface area contributed by atoms with Crippen LogP contribution in [0.25, 0.3) is 21.3 Å². The number of hydrogen-bond donors (Lipinski definition) is 1. The predicted octanol–water partition coefficient (Wildman–Crippen LogP) is 5.68. The predicted molar refractivity (Wildman–Crippen MR) is 133 cm³/mol. The van der Waals surface area contributed by atoms with Crippen LogP contribution in [0.5, 0.6) is 0 Å². The van der Waals surface area contributed by atoms with E-state index in [1.807, 2.05) is 12.1 Å². The fraction of sp³-hybridized carbons (Fsp3) is 0.280. The Morgan fingerprint density at radius 1 is 0.969 bits per heavy atom. The van der Waals surface area contributed by atoms with Crippen LogP contribution in [0.3, 0.4) is 0 Å². The van der Waals surface area contributed by atoms with Crippen molar-refractivity contribution in [3.8, 4) is 11.1 Å². The van der Waals surface area contributed by atoms with E-state index in [1.54, 1.807) is 23.5 Å². The molecule has 5 nitrogen and oxygen atoms in total. The number of fused-ring (bicyclic) bond motifs is 1. The molecule has 0 aliphatic carbocycles. The van der Waals surface area contributed by atoms with E-state index in [2.05, 4.69) is 54.5 Å². The molecule has 0 fully saturated rings. The minimum absolute atomic E-state index is 0.343. The number of nitrogens with one attached hydrogen (secondary N) is 1. The van der Waals surface area contributed by atoms with Gasteiger partial charge in [-0.25, -0.2) is 18.4 Å². The molecule has 0 atom stereocenters. The standard InChI is InChI=1S/C25H27N3O2S2/c1-4-23-27-24(22-16-17(2)31-25(22)28-23)26-15-5-6-18-7-9-19(10-8-18)20-11-13-21(14-12-20)32(3,29)30/h7-14,16H,4-6,15H2,1-3H3,(H,26,27,28). The van der Waals surface area contributed by atoms with Gasteiger partial charge in [0.05, 0.1) is 10.3 Å². The fourth-order valence-electron chi connectivity index (χ4n) is 3.64. The molecule has 7 heteroatoms. The maximum Gasteiger partial charge on any atom is 0.175 e. The highest BCUT2D eigenvalue weighted by Gasteiger charge is 2.10. The van der Waals surface area contributed by atoms with Crippen molar-refractivity contribution in [1.29, 1.82) is 0 Å². The topological polar surface area (TPSA) is 72.0 Å². The molecule has 32 heavy (non-hydrogen) atoms. The number of rotatable bonds is 8. The molecule has 0 aliphatic heterocycles. The lowest BCUT2D eigenvalue weighted by atomic mass is 10.0. The van der Waals surface area contributed by atoms with Gasteiger partial charge in [0.1, 0.15) is 16.5 Å². The third-order valence-electron chi connectivity index (χ3n) is 5.38. The van der Waals surface area contributed by atoms with Gasteiger partial charge in [-0.05, 0) is 54.7 Å². The Morgan fingerprint density at radius 3 is 2.25 bits per heavy atom. The van der Waals surface area contributed by atoms with Gasteiger partial charge >= 0.3 is 0 Å². The largest absolute Gasteiger partial charge is 0.369 e. The van der Waals surface area contributed by atoms with Gasteiger partial charge in [-0.1, -0.05) is 43.3 Å². The number of aryl methyl sites for hydroxylation is 3. The molecule has 0 saturated carbocycles. The van der Waals surface area contributed by atoms with E-state index >= 15 is 0 Å². The Bertz CT molecular complexity index is 1330. The molecule has 2 aromatic carbocycles. The van der Waals surface area contributed by atoms with Crippen LogP contribution in [0, 0.1) is 6.92 Å². The van der Waals surface area contributed by atoms with E-state index in [0.29, 0.717) is 4.90 Å². The summed E-state index contributed by atoms with van der Waals surface area (Å²) < 4.78 is 23.3. The summed E-state index contributed by atoms with van der Waals surface area (Å²) in [5, 5.41) is 4.61. The minimum Gasteiger partial charge on any atom is -0.369 e. The van der Waals surface area contributed by atoms with Gasteiger partial charge in [-0.3, -0.25) is 0 Å². The highest BCUT2D eigenvalue weighted by Crippen LogP contribution is 2.28. The first-order chi connectivity index (χ1) is 15.3. The van der Waals surface area contributed by atoms with Crippen molar-refractivity contribution >= 4 is 37.2 Å². The first kappa shape index (κ1) is 22.4. The van der Waals surface area contributed by atoms with E-state index in [0.717, 1.165) is 58.8 Å². The molecule has 0 saturated heterocycles. The van der Waals surface area contributed by atoms with Crippen molar-refractivity contribution < 1.29 is 8.42 Å². The number of benzene rings is 2. The van der Waals surface area contributed by atoms with Gasteiger partial charge in [0, 0.05) is 24.1 Å². The Kier molecular flexibility index (Phi) is 6.58. The molecule has 0 amide bonds. The number of aromatic nitrogens is 2. The summed E-state index contributed by atoms with van der Waals surface area (Å²) in [7, 11) is -3.17. The minimum atomic E-state index is -3.17. The molecule has 0 radical (unpaired) electrons. The Balaban J connectivity index is 1.36. The van der Waals surface area contributed by atoms with E-state index in [-0.39, 0.29) is 0 Å². The zero-order valence-corrected chi connectivity index (χ0v) is 20.2. The lowest BCUT2D eigenvalue weighted by Crippen LogP contribution is -2.07. The first-order valence-electron chi connectivity index (χ1n) is 10.7. The molecule has 1 N–H and O–H groups in total. The smallest absolute Gasteiger partial charge is 0.175 e. The van der Waals surface area contributed by atoms with E-state index in [9.17, 15) is 8.42 Å². The number of sulfone groups is 1. The van der Waals surface area contributed by atoms with Gasteiger partial charge in [0.15, 0.2) is 9.84 Å². The van der Waals surface area contributed by atoms with E-state index < -0.39 is 9.84 Å². The van der Waals surface area contributed by atoms with Crippen LogP contribution < -0.4 is 5.32 Å². The lowest BCUT2D eigenvalue weighted by molar-refractivity contribution is 0.602. The van der Waals surface area contributed by atoms with Crippen LogP contribution in [0.2, 0.25) is 0 Å². The Hall–Kier alpha value is -2.77. The van der Waals surface area contributed by atoms with Gasteiger partial charge < -0.3 is 5.32 Å². The summed E-state index contributed by atoms with van der Waals surface area (Å²) in [4.78, 5) is 12.0. The monoisotopic (exact) mass is 465 g/mol. The van der Waals surface area contributed by atoms with Crippen LogP contribution in [0.4, 0.5) is 5.82 Å². The normalized spacial score (nSPS) is 11.7. The average molecular weight is 466 g/mol. The zero-order valence-electron chi connectivity index (χ0n) is 18.6. The van der Waals surface area contributed by atoms with Crippen LogP contribution in [-0.4, -0.2) is 31.2 Å². The molecule has 4 aromatic rings. The van der Waals surface area contributed by atoms with E-state index in [1.165, 1.54) is 16.7 Å². The molecular weight excluding hydrogens is 438 g/mol. The summed E-state index contributed by atoms with van der Waals surface area (Å²) in [6.07, 6.45) is 4.02. The molecule has 166 valence electrons. The van der Waals surface area contributed by atoms with Crippen LogP contribution in [-0.2, 0) is 22.7 Å². The second-order valence-corrected chi connectivity index (χ2v) is 11.2. The number of thiophene rings is 1. The molecular formula is C25H27N3O2S2. The summed E-state index contributed by atoms with van der Waals surface area (Å²) in [5.41, 5.74) is 3.36. The molecule has 0 unspecified atom stereocenters. The third-order valence-corrected chi connectivity index (χ3v) is 7.46. The summed E-state index contributed by atoms with van der Waals surface area (Å²) in [6, 6.07) is 17.6. The first-order valence-corrected chi connectivity index (χ1v) is 13.4. The average Bonchev–Trinajstić information content (AvgIpc) is 3.16. The quantitative estimate of drug-likeness (QED) is 0.339.